The second-order valence-corrected chi connectivity index (χ2v) is 5.90. The van der Waals surface area contributed by atoms with Crippen LogP contribution in [0.3, 0.4) is 0 Å². The Labute approximate surface area is 120 Å². The highest BCUT2D eigenvalue weighted by Crippen LogP contribution is 2.34. The summed E-state index contributed by atoms with van der Waals surface area (Å²) in [4.78, 5) is 0. The minimum Gasteiger partial charge on any atom is -0.398 e. The molecule has 1 heterocycles. The highest BCUT2D eigenvalue weighted by atomic mass is 15.3. The molecule has 1 saturated carbocycles. The Hall–Kier alpha value is -1.84. The predicted octanol–water partition coefficient (Wildman–Crippen LogP) is 3.65. The molecule has 20 heavy (non-hydrogen) atoms. The van der Waals surface area contributed by atoms with Gasteiger partial charge in [-0.2, -0.15) is 0 Å². The summed E-state index contributed by atoms with van der Waals surface area (Å²) in [5, 5.41) is 8.47. The number of nitrogens with two attached hydrogens (primary N) is 1. The molecule has 0 amide bonds. The van der Waals surface area contributed by atoms with Crippen LogP contribution in [-0.2, 0) is 0 Å². The molecule has 1 aliphatic rings. The molecule has 0 bridgehead atoms. The van der Waals surface area contributed by atoms with Gasteiger partial charge in [0.15, 0.2) is 5.82 Å². The molecule has 0 unspecified atom stereocenters. The molecule has 1 aromatic heterocycles. The summed E-state index contributed by atoms with van der Waals surface area (Å²) in [6.45, 7) is 4.14. The first-order valence-electron chi connectivity index (χ1n) is 7.43. The van der Waals surface area contributed by atoms with Crippen LogP contribution in [0.1, 0.15) is 49.3 Å². The smallest absolute Gasteiger partial charge is 0.166 e. The fraction of sp³-hybridized carbons (Fsp3) is 0.500. The van der Waals surface area contributed by atoms with Crippen LogP contribution in [0.2, 0.25) is 0 Å². The van der Waals surface area contributed by atoms with Crippen LogP contribution < -0.4 is 5.73 Å². The van der Waals surface area contributed by atoms with Crippen LogP contribution in [-0.4, -0.2) is 14.8 Å². The zero-order valence-electron chi connectivity index (χ0n) is 12.3. The number of anilines is 1. The van der Waals surface area contributed by atoms with Crippen LogP contribution >= 0.6 is 0 Å². The minimum atomic E-state index is 0.522. The SMILES string of the molecule is Cc1cc(C)c(N)c(-c2nncn2C2CCCCC2)c1. The van der Waals surface area contributed by atoms with Crippen molar-refractivity contribution in [2.75, 3.05) is 5.73 Å². The molecule has 1 aromatic carbocycles. The van der Waals surface area contributed by atoms with Gasteiger partial charge in [0.1, 0.15) is 6.33 Å². The maximum Gasteiger partial charge on any atom is 0.166 e. The van der Waals surface area contributed by atoms with Crippen molar-refractivity contribution in [3.05, 3.63) is 29.6 Å². The second-order valence-electron chi connectivity index (χ2n) is 5.90. The first kappa shape index (κ1) is 13.2. The fourth-order valence-corrected chi connectivity index (χ4v) is 3.23. The molecule has 1 fully saturated rings. The zero-order valence-corrected chi connectivity index (χ0v) is 12.3. The highest BCUT2D eigenvalue weighted by Gasteiger charge is 2.20. The molecule has 0 spiro atoms. The summed E-state index contributed by atoms with van der Waals surface area (Å²) in [5.41, 5.74) is 10.4. The molecule has 106 valence electrons. The van der Waals surface area contributed by atoms with Crippen LogP contribution in [0.5, 0.6) is 0 Å². The summed E-state index contributed by atoms with van der Waals surface area (Å²) in [5.74, 6) is 0.918. The predicted molar refractivity (Wildman–Crippen MR) is 81.5 cm³/mol. The Kier molecular flexibility index (Phi) is 3.47. The molecular formula is C16H22N4. The van der Waals surface area contributed by atoms with E-state index in [1.807, 2.05) is 13.3 Å². The molecular weight excluding hydrogens is 248 g/mol. The van der Waals surface area contributed by atoms with Gasteiger partial charge in [-0.15, -0.1) is 10.2 Å². The van der Waals surface area contributed by atoms with Crippen LogP contribution in [0.4, 0.5) is 5.69 Å². The molecule has 4 nitrogen and oxygen atoms in total. The molecule has 0 atom stereocenters. The van der Waals surface area contributed by atoms with Crippen molar-refractivity contribution >= 4 is 5.69 Å². The fourth-order valence-electron chi connectivity index (χ4n) is 3.23. The van der Waals surface area contributed by atoms with Crippen molar-refractivity contribution in [3.63, 3.8) is 0 Å². The first-order chi connectivity index (χ1) is 9.66. The number of hydrogen-bond donors (Lipinski definition) is 1. The summed E-state index contributed by atoms with van der Waals surface area (Å²) in [7, 11) is 0. The summed E-state index contributed by atoms with van der Waals surface area (Å²) >= 11 is 0. The van der Waals surface area contributed by atoms with E-state index >= 15 is 0 Å². The topological polar surface area (TPSA) is 56.7 Å². The molecule has 4 heteroatoms. The quantitative estimate of drug-likeness (QED) is 0.847. The van der Waals surface area contributed by atoms with Crippen LogP contribution in [0.25, 0.3) is 11.4 Å². The standard InChI is InChI=1S/C16H22N4/c1-11-8-12(2)15(17)14(9-11)16-19-18-10-20(16)13-6-4-3-5-7-13/h8-10,13H,3-7,17H2,1-2H3. The lowest BCUT2D eigenvalue weighted by molar-refractivity contribution is 0.355. The summed E-state index contributed by atoms with van der Waals surface area (Å²) in [6, 6.07) is 4.75. The second kappa shape index (κ2) is 5.27. The maximum absolute atomic E-state index is 6.26. The molecule has 0 saturated heterocycles. The third kappa shape index (κ3) is 2.30. The third-order valence-corrected chi connectivity index (χ3v) is 4.31. The minimum absolute atomic E-state index is 0.522. The van der Waals surface area contributed by atoms with Crippen molar-refractivity contribution in [1.29, 1.82) is 0 Å². The van der Waals surface area contributed by atoms with Gasteiger partial charge >= 0.3 is 0 Å². The van der Waals surface area contributed by atoms with Crippen molar-refractivity contribution < 1.29 is 0 Å². The molecule has 0 radical (unpaired) electrons. The zero-order chi connectivity index (χ0) is 14.1. The average Bonchev–Trinajstić information content (AvgIpc) is 2.93. The lowest BCUT2D eigenvalue weighted by Crippen LogP contribution is -2.13. The number of nitrogens with zero attached hydrogens (tertiary/aromatic N) is 3. The van der Waals surface area contributed by atoms with Crippen molar-refractivity contribution in [1.82, 2.24) is 14.8 Å². The Bertz CT molecular complexity index is 609. The van der Waals surface area contributed by atoms with Gasteiger partial charge in [0, 0.05) is 17.3 Å². The van der Waals surface area contributed by atoms with Crippen LogP contribution in [0, 0.1) is 13.8 Å². The third-order valence-electron chi connectivity index (χ3n) is 4.31. The Morgan fingerprint density at radius 2 is 1.90 bits per heavy atom. The van der Waals surface area contributed by atoms with Gasteiger partial charge in [0.2, 0.25) is 0 Å². The van der Waals surface area contributed by atoms with Gasteiger partial charge in [-0.25, -0.2) is 0 Å². The van der Waals surface area contributed by atoms with Gasteiger partial charge in [-0.1, -0.05) is 25.3 Å². The van der Waals surface area contributed by atoms with E-state index in [1.165, 1.54) is 37.7 Å². The number of nitrogen functional groups attached to an aromatic ring is 1. The number of benzene rings is 1. The molecule has 2 N–H and O–H groups in total. The highest BCUT2D eigenvalue weighted by molar-refractivity contribution is 5.75. The van der Waals surface area contributed by atoms with Crippen molar-refractivity contribution in [2.24, 2.45) is 0 Å². The maximum atomic E-state index is 6.26. The summed E-state index contributed by atoms with van der Waals surface area (Å²) < 4.78 is 2.23. The first-order valence-corrected chi connectivity index (χ1v) is 7.43. The molecule has 0 aliphatic heterocycles. The van der Waals surface area contributed by atoms with Gasteiger partial charge < -0.3 is 10.3 Å². The van der Waals surface area contributed by atoms with E-state index in [1.54, 1.807) is 0 Å². The number of aryl methyl sites for hydroxylation is 2. The van der Waals surface area contributed by atoms with Gasteiger partial charge in [-0.05, 0) is 43.9 Å². The van der Waals surface area contributed by atoms with Crippen molar-refractivity contribution in [3.8, 4) is 11.4 Å². The average molecular weight is 270 g/mol. The largest absolute Gasteiger partial charge is 0.398 e. The number of aromatic nitrogens is 3. The van der Waals surface area contributed by atoms with E-state index in [0.717, 1.165) is 22.6 Å². The Morgan fingerprint density at radius 1 is 1.15 bits per heavy atom. The Morgan fingerprint density at radius 3 is 2.65 bits per heavy atom. The normalized spacial score (nSPS) is 16.5. The van der Waals surface area contributed by atoms with E-state index in [9.17, 15) is 0 Å². The Balaban J connectivity index is 2.05. The lowest BCUT2D eigenvalue weighted by atomic mass is 9.95. The van der Waals surface area contributed by atoms with E-state index < -0.39 is 0 Å². The lowest BCUT2D eigenvalue weighted by Gasteiger charge is -2.24. The van der Waals surface area contributed by atoms with Gasteiger partial charge in [0.05, 0.1) is 0 Å². The van der Waals surface area contributed by atoms with Crippen LogP contribution in [0.15, 0.2) is 18.5 Å². The van der Waals surface area contributed by atoms with E-state index in [2.05, 4.69) is 33.8 Å². The molecule has 2 aromatic rings. The number of hydrogen-bond acceptors (Lipinski definition) is 3. The van der Waals surface area contributed by atoms with Gasteiger partial charge in [-0.3, -0.25) is 0 Å². The van der Waals surface area contributed by atoms with Gasteiger partial charge in [0.25, 0.3) is 0 Å². The van der Waals surface area contributed by atoms with Crippen molar-refractivity contribution in [2.45, 2.75) is 52.0 Å². The van der Waals surface area contributed by atoms with E-state index in [4.69, 9.17) is 5.73 Å². The monoisotopic (exact) mass is 270 g/mol. The van der Waals surface area contributed by atoms with E-state index in [-0.39, 0.29) is 0 Å². The van der Waals surface area contributed by atoms with E-state index in [0.29, 0.717) is 6.04 Å². The summed E-state index contributed by atoms with van der Waals surface area (Å²) in [6.07, 6.45) is 8.24. The molecule has 1 aliphatic carbocycles. The number of rotatable bonds is 2. The molecule has 3 rings (SSSR count).